The molecule has 0 fully saturated rings. The second-order valence-corrected chi connectivity index (χ2v) is 6.45. The fraction of sp³-hybridized carbons (Fsp3) is 0.409. The number of likely N-dealkylation sites (N-methyl/N-ethyl adjacent to an activating group) is 1. The number of benzene rings is 2. The second kappa shape index (κ2) is 10.3. The first-order valence-corrected chi connectivity index (χ1v) is 9.63. The van der Waals surface area contributed by atoms with Crippen LogP contribution in [-0.2, 0) is 13.0 Å². The number of hydrogen-bond acceptors (Lipinski definition) is 3. The van der Waals surface area contributed by atoms with Gasteiger partial charge in [0, 0.05) is 19.5 Å². The number of rotatable bonds is 9. The minimum absolute atomic E-state index is 0. The summed E-state index contributed by atoms with van der Waals surface area (Å²) in [5.41, 5.74) is 3.56. The average Bonchev–Trinajstić information content (AvgIpc) is 3.02. The van der Waals surface area contributed by atoms with Gasteiger partial charge in [-0.05, 0) is 49.8 Å². The Hall–Kier alpha value is -2.04. The smallest absolute Gasteiger partial charge is 0.119 e. The fourth-order valence-electron chi connectivity index (χ4n) is 3.34. The van der Waals surface area contributed by atoms with Gasteiger partial charge in [0.1, 0.15) is 11.6 Å². The first kappa shape index (κ1) is 21.3. The highest BCUT2D eigenvalue weighted by molar-refractivity contribution is 5.85. The van der Waals surface area contributed by atoms with Crippen molar-refractivity contribution in [3.63, 3.8) is 0 Å². The molecule has 3 aromatic rings. The van der Waals surface area contributed by atoms with Gasteiger partial charge in [-0.2, -0.15) is 0 Å². The molecule has 0 amide bonds. The second-order valence-electron chi connectivity index (χ2n) is 6.45. The van der Waals surface area contributed by atoms with E-state index < -0.39 is 0 Å². The molecule has 0 saturated heterocycles. The van der Waals surface area contributed by atoms with Crippen molar-refractivity contribution in [1.82, 2.24) is 14.5 Å². The third-order valence-corrected chi connectivity index (χ3v) is 4.86. The maximum absolute atomic E-state index is 5.55. The molecular weight excluding hydrogens is 358 g/mol. The Labute approximate surface area is 168 Å². The Morgan fingerprint density at radius 1 is 0.963 bits per heavy atom. The number of nitrogens with zero attached hydrogens (tertiary/aromatic N) is 3. The molecule has 27 heavy (non-hydrogen) atoms. The average molecular weight is 388 g/mol. The van der Waals surface area contributed by atoms with Gasteiger partial charge >= 0.3 is 0 Å². The van der Waals surface area contributed by atoms with E-state index in [0.29, 0.717) is 6.61 Å². The van der Waals surface area contributed by atoms with Gasteiger partial charge in [-0.3, -0.25) is 0 Å². The van der Waals surface area contributed by atoms with E-state index in [1.807, 2.05) is 19.1 Å². The van der Waals surface area contributed by atoms with E-state index in [9.17, 15) is 0 Å². The molecule has 5 heteroatoms. The molecule has 0 aliphatic heterocycles. The van der Waals surface area contributed by atoms with Crippen molar-refractivity contribution in [2.75, 3.05) is 26.2 Å². The molecule has 0 spiro atoms. The number of fused-ring (bicyclic) bond motifs is 1. The lowest BCUT2D eigenvalue weighted by atomic mass is 10.1. The highest BCUT2D eigenvalue weighted by Gasteiger charge is 2.12. The predicted molar refractivity (Wildman–Crippen MR) is 115 cm³/mol. The van der Waals surface area contributed by atoms with E-state index >= 15 is 0 Å². The summed E-state index contributed by atoms with van der Waals surface area (Å²) in [5.74, 6) is 2.05. The molecule has 146 valence electrons. The molecule has 0 aliphatic rings. The number of para-hydroxylation sites is 2. The van der Waals surface area contributed by atoms with Crippen LogP contribution in [0.4, 0.5) is 0 Å². The van der Waals surface area contributed by atoms with E-state index in [0.717, 1.165) is 49.7 Å². The zero-order valence-corrected chi connectivity index (χ0v) is 17.3. The summed E-state index contributed by atoms with van der Waals surface area (Å²) in [5, 5.41) is 0. The zero-order valence-electron chi connectivity index (χ0n) is 16.5. The highest BCUT2D eigenvalue weighted by Crippen LogP contribution is 2.20. The standard InChI is InChI=1S/C22H29N3O.ClH/c1-4-24(5-2)15-16-25-21-10-8-7-9-20(21)23-22(25)17-18-11-13-19(14-12-18)26-6-3;/h7-14H,4-6,15-17H2,1-3H3;1H. The van der Waals surface area contributed by atoms with Gasteiger partial charge in [-0.25, -0.2) is 4.98 Å². The van der Waals surface area contributed by atoms with Crippen LogP contribution < -0.4 is 4.74 Å². The van der Waals surface area contributed by atoms with Crippen LogP contribution >= 0.6 is 12.4 Å². The largest absolute Gasteiger partial charge is 0.494 e. The lowest BCUT2D eigenvalue weighted by Gasteiger charge is -2.19. The van der Waals surface area contributed by atoms with Gasteiger partial charge in [0.25, 0.3) is 0 Å². The number of halogens is 1. The summed E-state index contributed by atoms with van der Waals surface area (Å²) in [7, 11) is 0. The Morgan fingerprint density at radius 2 is 1.67 bits per heavy atom. The predicted octanol–water partition coefficient (Wildman–Crippen LogP) is 4.79. The van der Waals surface area contributed by atoms with Crippen LogP contribution in [0.5, 0.6) is 5.75 Å². The summed E-state index contributed by atoms with van der Waals surface area (Å²) < 4.78 is 7.93. The van der Waals surface area contributed by atoms with Crippen molar-refractivity contribution in [1.29, 1.82) is 0 Å². The Bertz CT molecular complexity index is 825. The highest BCUT2D eigenvalue weighted by atomic mass is 35.5. The summed E-state index contributed by atoms with van der Waals surface area (Å²) in [6, 6.07) is 16.8. The summed E-state index contributed by atoms with van der Waals surface area (Å²) in [6.07, 6.45) is 0.833. The zero-order chi connectivity index (χ0) is 18.4. The van der Waals surface area contributed by atoms with Crippen LogP contribution in [0.3, 0.4) is 0 Å². The quantitative estimate of drug-likeness (QED) is 0.528. The van der Waals surface area contributed by atoms with Crippen molar-refractivity contribution < 1.29 is 4.74 Å². The molecule has 0 unspecified atom stereocenters. The fourth-order valence-corrected chi connectivity index (χ4v) is 3.34. The molecule has 0 saturated carbocycles. The van der Waals surface area contributed by atoms with Gasteiger partial charge in [0.2, 0.25) is 0 Å². The van der Waals surface area contributed by atoms with Crippen LogP contribution in [0.25, 0.3) is 11.0 Å². The molecule has 0 atom stereocenters. The Kier molecular flexibility index (Phi) is 8.14. The third-order valence-electron chi connectivity index (χ3n) is 4.86. The van der Waals surface area contributed by atoms with Crippen LogP contribution in [0, 0.1) is 0 Å². The first-order valence-electron chi connectivity index (χ1n) is 9.63. The van der Waals surface area contributed by atoms with E-state index in [1.54, 1.807) is 0 Å². The molecule has 2 aromatic carbocycles. The minimum Gasteiger partial charge on any atom is -0.494 e. The molecule has 0 radical (unpaired) electrons. The number of ether oxygens (including phenoxy) is 1. The van der Waals surface area contributed by atoms with Gasteiger partial charge < -0.3 is 14.2 Å². The normalized spacial score (nSPS) is 11.0. The lowest BCUT2D eigenvalue weighted by molar-refractivity contribution is 0.291. The van der Waals surface area contributed by atoms with Gasteiger partial charge in [0.15, 0.2) is 0 Å². The molecule has 1 heterocycles. The molecular formula is C22H30ClN3O. The molecule has 0 bridgehead atoms. The van der Waals surface area contributed by atoms with Gasteiger partial charge in [0.05, 0.1) is 17.6 Å². The van der Waals surface area contributed by atoms with Crippen molar-refractivity contribution in [2.24, 2.45) is 0 Å². The van der Waals surface area contributed by atoms with Gasteiger partial charge in [-0.1, -0.05) is 38.1 Å². The molecule has 1 aromatic heterocycles. The minimum atomic E-state index is 0. The van der Waals surface area contributed by atoms with Crippen molar-refractivity contribution in [2.45, 2.75) is 33.7 Å². The monoisotopic (exact) mass is 387 g/mol. The third kappa shape index (κ3) is 5.24. The van der Waals surface area contributed by atoms with Crippen LogP contribution in [0.2, 0.25) is 0 Å². The van der Waals surface area contributed by atoms with E-state index in [2.05, 4.69) is 59.7 Å². The summed E-state index contributed by atoms with van der Waals surface area (Å²) in [6.45, 7) is 11.3. The lowest BCUT2D eigenvalue weighted by Crippen LogP contribution is -2.27. The molecule has 0 aliphatic carbocycles. The van der Waals surface area contributed by atoms with Crippen LogP contribution in [0.1, 0.15) is 32.2 Å². The number of aromatic nitrogens is 2. The molecule has 3 rings (SSSR count). The number of hydrogen-bond donors (Lipinski definition) is 0. The van der Waals surface area contributed by atoms with Crippen molar-refractivity contribution >= 4 is 23.4 Å². The maximum Gasteiger partial charge on any atom is 0.119 e. The van der Waals surface area contributed by atoms with Gasteiger partial charge in [-0.15, -0.1) is 12.4 Å². The first-order chi connectivity index (χ1) is 12.7. The topological polar surface area (TPSA) is 30.3 Å². The van der Waals surface area contributed by atoms with E-state index in [1.165, 1.54) is 11.1 Å². The molecule has 4 nitrogen and oxygen atoms in total. The van der Waals surface area contributed by atoms with Crippen molar-refractivity contribution in [3.05, 3.63) is 59.9 Å². The van der Waals surface area contributed by atoms with Crippen LogP contribution in [-0.4, -0.2) is 40.7 Å². The SMILES string of the molecule is CCOc1ccc(Cc2nc3ccccc3n2CCN(CC)CC)cc1.Cl. The van der Waals surface area contributed by atoms with E-state index in [-0.39, 0.29) is 12.4 Å². The summed E-state index contributed by atoms with van der Waals surface area (Å²) >= 11 is 0. The van der Waals surface area contributed by atoms with Crippen LogP contribution in [0.15, 0.2) is 48.5 Å². The summed E-state index contributed by atoms with van der Waals surface area (Å²) in [4.78, 5) is 7.36. The Balaban J connectivity index is 0.00000261. The Morgan fingerprint density at radius 3 is 2.33 bits per heavy atom. The maximum atomic E-state index is 5.55. The molecule has 0 N–H and O–H groups in total. The van der Waals surface area contributed by atoms with Crippen molar-refractivity contribution in [3.8, 4) is 5.75 Å². The van der Waals surface area contributed by atoms with E-state index in [4.69, 9.17) is 9.72 Å². The number of imidazole rings is 1.